The maximum atomic E-state index is 11.9. The van der Waals surface area contributed by atoms with E-state index < -0.39 is 17.6 Å². The number of hydrogen-bond donors (Lipinski definition) is 4. The zero-order valence-electron chi connectivity index (χ0n) is 14.1. The average molecular weight is 335 g/mol. The van der Waals surface area contributed by atoms with Gasteiger partial charge in [0.15, 0.2) is 5.60 Å². The first-order valence-electron chi connectivity index (χ1n) is 8.13. The molecule has 1 unspecified atom stereocenters. The molecule has 1 saturated heterocycles. The SMILES string of the molecule is CC1CCN(c2cccc(NC(=O)NCC(C)(O)C(=O)O)c2)CC1. The maximum absolute atomic E-state index is 11.9. The Labute approximate surface area is 141 Å². The van der Waals surface area contributed by atoms with Crippen LogP contribution in [0.5, 0.6) is 0 Å². The second kappa shape index (κ2) is 7.53. The Morgan fingerprint density at radius 3 is 2.62 bits per heavy atom. The van der Waals surface area contributed by atoms with Gasteiger partial charge >= 0.3 is 12.0 Å². The first-order valence-corrected chi connectivity index (χ1v) is 8.13. The van der Waals surface area contributed by atoms with Crippen molar-refractivity contribution >= 4 is 23.4 Å². The molecule has 24 heavy (non-hydrogen) atoms. The summed E-state index contributed by atoms with van der Waals surface area (Å²) in [5.41, 5.74) is -0.320. The quantitative estimate of drug-likeness (QED) is 0.658. The monoisotopic (exact) mass is 335 g/mol. The largest absolute Gasteiger partial charge is 0.479 e. The van der Waals surface area contributed by atoms with E-state index in [0.29, 0.717) is 5.69 Å². The highest BCUT2D eigenvalue weighted by Crippen LogP contribution is 2.25. The van der Waals surface area contributed by atoms with Crippen molar-refractivity contribution in [1.82, 2.24) is 5.32 Å². The fraction of sp³-hybridized carbons (Fsp3) is 0.529. The van der Waals surface area contributed by atoms with Crippen molar-refractivity contribution in [1.29, 1.82) is 0 Å². The molecule has 0 spiro atoms. The smallest absolute Gasteiger partial charge is 0.337 e. The lowest BCUT2D eigenvalue weighted by atomic mass is 9.99. The molecular formula is C17H25N3O4. The molecule has 0 radical (unpaired) electrons. The number of anilines is 2. The van der Waals surface area contributed by atoms with Gasteiger partial charge in [0.05, 0.1) is 6.54 Å². The molecule has 7 heteroatoms. The molecule has 132 valence electrons. The number of aliphatic hydroxyl groups is 1. The first-order chi connectivity index (χ1) is 11.3. The van der Waals surface area contributed by atoms with Gasteiger partial charge in [0.2, 0.25) is 0 Å². The summed E-state index contributed by atoms with van der Waals surface area (Å²) in [6.45, 7) is 5.01. The lowest BCUT2D eigenvalue weighted by Crippen LogP contribution is -2.47. The van der Waals surface area contributed by atoms with Gasteiger partial charge in [-0.15, -0.1) is 0 Å². The highest BCUT2D eigenvalue weighted by molar-refractivity contribution is 5.90. The van der Waals surface area contributed by atoms with Gasteiger partial charge < -0.3 is 25.7 Å². The summed E-state index contributed by atoms with van der Waals surface area (Å²) in [6.07, 6.45) is 2.31. The summed E-state index contributed by atoms with van der Waals surface area (Å²) in [7, 11) is 0. The van der Waals surface area contributed by atoms with E-state index in [1.807, 2.05) is 18.2 Å². The van der Waals surface area contributed by atoms with Crippen molar-refractivity contribution in [3.8, 4) is 0 Å². The molecular weight excluding hydrogens is 310 g/mol. The standard InChI is InChI=1S/C17H25N3O4/c1-12-6-8-20(9-7-12)14-5-3-4-13(10-14)19-16(23)18-11-17(2,24)15(21)22/h3-5,10,12,24H,6-9,11H2,1-2H3,(H,21,22)(H2,18,19,23). The second-order valence-corrected chi connectivity index (χ2v) is 6.61. The number of benzene rings is 1. The molecule has 1 fully saturated rings. The van der Waals surface area contributed by atoms with Gasteiger partial charge in [0, 0.05) is 24.5 Å². The molecule has 0 aliphatic carbocycles. The van der Waals surface area contributed by atoms with E-state index in [-0.39, 0.29) is 6.54 Å². The van der Waals surface area contributed by atoms with Crippen LogP contribution < -0.4 is 15.5 Å². The topological polar surface area (TPSA) is 102 Å². The number of nitrogens with zero attached hydrogens (tertiary/aromatic N) is 1. The van der Waals surface area contributed by atoms with E-state index >= 15 is 0 Å². The predicted octanol–water partition coefficient (Wildman–Crippen LogP) is 1.88. The summed E-state index contributed by atoms with van der Waals surface area (Å²) < 4.78 is 0. The first kappa shape index (κ1) is 18.1. The third-order valence-electron chi connectivity index (χ3n) is 4.31. The van der Waals surface area contributed by atoms with Gasteiger partial charge in [-0.25, -0.2) is 9.59 Å². The van der Waals surface area contributed by atoms with Gasteiger partial charge in [-0.1, -0.05) is 13.0 Å². The fourth-order valence-corrected chi connectivity index (χ4v) is 2.55. The number of nitrogens with one attached hydrogen (secondary N) is 2. The molecule has 1 aliphatic rings. The van der Waals surface area contributed by atoms with Crippen LogP contribution in [0.4, 0.5) is 16.2 Å². The van der Waals surface area contributed by atoms with Crippen molar-refractivity contribution in [2.45, 2.75) is 32.3 Å². The fourth-order valence-electron chi connectivity index (χ4n) is 2.55. The molecule has 1 atom stereocenters. The molecule has 4 N–H and O–H groups in total. The van der Waals surface area contributed by atoms with Crippen LogP contribution in [0.3, 0.4) is 0 Å². The minimum Gasteiger partial charge on any atom is -0.479 e. The van der Waals surface area contributed by atoms with Crippen LogP contribution in [0.15, 0.2) is 24.3 Å². The van der Waals surface area contributed by atoms with Crippen molar-refractivity contribution in [3.05, 3.63) is 24.3 Å². The number of aliphatic carboxylic acids is 1. The lowest BCUT2D eigenvalue weighted by Gasteiger charge is -2.32. The Bertz CT molecular complexity index is 595. The number of piperidine rings is 1. The number of carboxylic acid groups (broad SMARTS) is 1. The Morgan fingerprint density at radius 1 is 1.33 bits per heavy atom. The summed E-state index contributed by atoms with van der Waals surface area (Å²) in [5, 5.41) is 23.4. The Morgan fingerprint density at radius 2 is 2.00 bits per heavy atom. The van der Waals surface area contributed by atoms with Crippen LogP contribution >= 0.6 is 0 Å². The highest BCUT2D eigenvalue weighted by atomic mass is 16.4. The van der Waals surface area contributed by atoms with Crippen LogP contribution in [0.25, 0.3) is 0 Å². The number of carboxylic acids is 1. The zero-order valence-corrected chi connectivity index (χ0v) is 14.1. The van der Waals surface area contributed by atoms with Crippen LogP contribution in [-0.4, -0.2) is 47.4 Å². The summed E-state index contributed by atoms with van der Waals surface area (Å²) in [5.74, 6) is -0.639. The second-order valence-electron chi connectivity index (χ2n) is 6.61. The molecule has 1 aliphatic heterocycles. The Balaban J connectivity index is 1.92. The van der Waals surface area contributed by atoms with Gasteiger partial charge in [-0.3, -0.25) is 0 Å². The molecule has 1 aromatic rings. The van der Waals surface area contributed by atoms with E-state index in [0.717, 1.165) is 44.5 Å². The van der Waals surface area contributed by atoms with Crippen molar-refractivity contribution in [2.75, 3.05) is 29.9 Å². The van der Waals surface area contributed by atoms with Crippen LogP contribution in [0, 0.1) is 5.92 Å². The maximum Gasteiger partial charge on any atom is 0.337 e. The van der Waals surface area contributed by atoms with E-state index in [2.05, 4.69) is 22.5 Å². The molecule has 2 amide bonds. The number of rotatable bonds is 5. The summed E-state index contributed by atoms with van der Waals surface area (Å²) in [6, 6.07) is 6.99. The van der Waals surface area contributed by atoms with E-state index in [1.165, 1.54) is 0 Å². The Kier molecular flexibility index (Phi) is 5.66. The molecule has 1 heterocycles. The number of amides is 2. The van der Waals surface area contributed by atoms with Gasteiger partial charge in [-0.2, -0.15) is 0 Å². The molecule has 2 rings (SSSR count). The van der Waals surface area contributed by atoms with Gasteiger partial charge in [0.25, 0.3) is 0 Å². The van der Waals surface area contributed by atoms with E-state index in [1.54, 1.807) is 6.07 Å². The predicted molar refractivity (Wildman–Crippen MR) is 92.3 cm³/mol. The number of carbonyl (C=O) groups excluding carboxylic acids is 1. The van der Waals surface area contributed by atoms with Crippen LogP contribution in [-0.2, 0) is 4.79 Å². The van der Waals surface area contributed by atoms with Crippen molar-refractivity contribution in [3.63, 3.8) is 0 Å². The Hall–Kier alpha value is -2.28. The third-order valence-corrected chi connectivity index (χ3v) is 4.31. The molecule has 7 nitrogen and oxygen atoms in total. The lowest BCUT2D eigenvalue weighted by molar-refractivity contribution is -0.155. The van der Waals surface area contributed by atoms with Gasteiger partial charge in [0.1, 0.15) is 0 Å². The third kappa shape index (κ3) is 4.86. The van der Waals surface area contributed by atoms with Crippen molar-refractivity contribution in [2.24, 2.45) is 5.92 Å². The van der Waals surface area contributed by atoms with Crippen molar-refractivity contribution < 1.29 is 19.8 Å². The minimum absolute atomic E-state index is 0.377. The molecule has 0 aromatic heterocycles. The van der Waals surface area contributed by atoms with E-state index in [4.69, 9.17) is 5.11 Å². The number of carbonyl (C=O) groups is 2. The van der Waals surface area contributed by atoms with Crippen LogP contribution in [0.2, 0.25) is 0 Å². The highest BCUT2D eigenvalue weighted by Gasteiger charge is 2.30. The normalized spacial score (nSPS) is 17.9. The summed E-state index contributed by atoms with van der Waals surface area (Å²) in [4.78, 5) is 25.0. The number of urea groups is 1. The molecule has 0 bridgehead atoms. The summed E-state index contributed by atoms with van der Waals surface area (Å²) >= 11 is 0. The number of hydrogen-bond acceptors (Lipinski definition) is 4. The van der Waals surface area contributed by atoms with E-state index in [9.17, 15) is 14.7 Å². The minimum atomic E-state index is -2.00. The zero-order chi connectivity index (χ0) is 17.7. The molecule has 0 saturated carbocycles. The molecule has 1 aromatic carbocycles. The van der Waals surface area contributed by atoms with Gasteiger partial charge in [-0.05, 0) is 43.9 Å². The van der Waals surface area contributed by atoms with Crippen LogP contribution in [0.1, 0.15) is 26.7 Å². The average Bonchev–Trinajstić information content (AvgIpc) is 2.54.